The normalized spacial score (nSPS) is 12.5. The van der Waals surface area contributed by atoms with E-state index in [0.717, 1.165) is 96.3 Å². The zero-order valence-electron chi connectivity index (χ0n) is 51.2. The van der Waals surface area contributed by atoms with E-state index in [9.17, 15) is 14.4 Å². The van der Waals surface area contributed by atoms with Crippen molar-refractivity contribution in [1.82, 2.24) is 0 Å². The summed E-state index contributed by atoms with van der Waals surface area (Å²) in [6.45, 7) is 6.55. The fourth-order valence-corrected chi connectivity index (χ4v) is 9.74. The molecule has 0 N–H and O–H groups in total. The van der Waals surface area contributed by atoms with Gasteiger partial charge in [-0.15, -0.1) is 0 Å². The molecule has 0 spiro atoms. The summed E-state index contributed by atoms with van der Waals surface area (Å²) in [5, 5.41) is 0. The fraction of sp³-hybridized carbons (Fsp3) is 0.789. The van der Waals surface area contributed by atoms with Gasteiger partial charge in [0.15, 0.2) is 6.10 Å². The predicted octanol–water partition coefficient (Wildman–Crippen LogP) is 22.9. The molecule has 0 aromatic carbocycles. The number of carbonyl (C=O) groups is 3. The highest BCUT2D eigenvalue weighted by molar-refractivity contribution is 5.71. The Labute approximate surface area is 478 Å². The van der Waals surface area contributed by atoms with E-state index in [2.05, 4.69) is 93.7 Å². The van der Waals surface area contributed by atoms with Gasteiger partial charge in [-0.05, 0) is 70.6 Å². The number of esters is 3. The molecule has 0 aliphatic rings. The van der Waals surface area contributed by atoms with Gasteiger partial charge in [0.25, 0.3) is 0 Å². The molecule has 0 fully saturated rings. The molecular formula is C71H126O6. The van der Waals surface area contributed by atoms with Crippen LogP contribution in [0.25, 0.3) is 0 Å². The molecule has 0 saturated heterocycles. The summed E-state index contributed by atoms with van der Waals surface area (Å²) in [7, 11) is 0. The van der Waals surface area contributed by atoms with Crippen molar-refractivity contribution in [1.29, 1.82) is 0 Å². The van der Waals surface area contributed by atoms with Gasteiger partial charge >= 0.3 is 17.9 Å². The van der Waals surface area contributed by atoms with Crippen molar-refractivity contribution in [2.45, 2.75) is 348 Å². The van der Waals surface area contributed by atoms with E-state index in [0.29, 0.717) is 19.3 Å². The van der Waals surface area contributed by atoms with Gasteiger partial charge in [0.05, 0.1) is 0 Å². The Bertz CT molecular complexity index is 1420. The second kappa shape index (κ2) is 65.4. The molecule has 0 amide bonds. The largest absolute Gasteiger partial charge is 0.462 e. The van der Waals surface area contributed by atoms with Crippen molar-refractivity contribution in [3.05, 3.63) is 72.9 Å². The Hall–Kier alpha value is -3.15. The number of allylic oxidation sites excluding steroid dienone is 12. The third-order valence-corrected chi connectivity index (χ3v) is 14.7. The van der Waals surface area contributed by atoms with Crippen LogP contribution in [0.5, 0.6) is 0 Å². The van der Waals surface area contributed by atoms with Crippen LogP contribution >= 0.6 is 0 Å². The first-order chi connectivity index (χ1) is 38.0. The molecule has 0 aliphatic heterocycles. The molecule has 1 atom stereocenters. The topological polar surface area (TPSA) is 78.9 Å². The maximum absolute atomic E-state index is 12.9. The van der Waals surface area contributed by atoms with E-state index in [-0.39, 0.29) is 31.1 Å². The minimum Gasteiger partial charge on any atom is -0.462 e. The number of unbranched alkanes of at least 4 members (excludes halogenated alkanes) is 38. The third-order valence-electron chi connectivity index (χ3n) is 14.7. The molecule has 0 aromatic heterocycles. The van der Waals surface area contributed by atoms with Crippen LogP contribution in [0.3, 0.4) is 0 Å². The van der Waals surface area contributed by atoms with Crippen LogP contribution in [0.2, 0.25) is 0 Å². The quantitative estimate of drug-likeness (QED) is 0.0261. The molecule has 0 heterocycles. The second-order valence-electron chi connectivity index (χ2n) is 22.4. The van der Waals surface area contributed by atoms with Crippen molar-refractivity contribution < 1.29 is 28.6 Å². The van der Waals surface area contributed by atoms with Gasteiger partial charge < -0.3 is 14.2 Å². The molecule has 6 heteroatoms. The summed E-state index contributed by atoms with van der Waals surface area (Å²) in [6, 6.07) is 0. The van der Waals surface area contributed by atoms with Crippen molar-refractivity contribution in [2.75, 3.05) is 13.2 Å². The predicted molar refractivity (Wildman–Crippen MR) is 335 cm³/mol. The Morgan fingerprint density at radius 2 is 0.506 bits per heavy atom. The zero-order chi connectivity index (χ0) is 55.7. The standard InChI is InChI=1S/C71H126O6/c1-4-7-10-13-16-19-21-23-25-26-27-28-29-30-31-32-33-34-35-36-37-38-39-40-41-42-43-44-46-47-49-52-55-58-61-64-70(73)76-67-68(66-75-69(72)63-60-57-54-51-18-15-12-9-6-3)77-71(74)65-62-59-56-53-50-48-45-24-22-20-17-14-11-8-5-2/h7,10,16,19,23,25,27-28,30-31,33-34,68H,4-6,8-9,11-15,17-18,20-22,24,26,29,32,35-67H2,1-3H3/b10-7-,19-16-,25-23-,28-27-,31-30-,34-33-. The third kappa shape index (κ3) is 63.6. The smallest absolute Gasteiger partial charge is 0.306 e. The molecule has 446 valence electrons. The van der Waals surface area contributed by atoms with E-state index in [1.165, 1.54) is 205 Å². The number of ether oxygens (including phenoxy) is 3. The molecular weight excluding hydrogens is 949 g/mol. The molecule has 0 bridgehead atoms. The Balaban J connectivity index is 4.03. The van der Waals surface area contributed by atoms with Gasteiger partial charge in [-0.1, -0.05) is 325 Å². The van der Waals surface area contributed by atoms with Crippen LogP contribution in [0.4, 0.5) is 0 Å². The lowest BCUT2D eigenvalue weighted by Gasteiger charge is -2.18. The highest BCUT2D eigenvalue weighted by Gasteiger charge is 2.19. The summed E-state index contributed by atoms with van der Waals surface area (Å²) in [4.78, 5) is 38.1. The molecule has 6 nitrogen and oxygen atoms in total. The van der Waals surface area contributed by atoms with Gasteiger partial charge in [0.1, 0.15) is 13.2 Å². The Morgan fingerprint density at radius 3 is 0.792 bits per heavy atom. The highest BCUT2D eigenvalue weighted by Crippen LogP contribution is 2.18. The molecule has 0 rings (SSSR count). The summed E-state index contributed by atoms with van der Waals surface area (Å²) in [5.74, 6) is -0.851. The van der Waals surface area contributed by atoms with Crippen LogP contribution in [-0.4, -0.2) is 37.2 Å². The lowest BCUT2D eigenvalue weighted by atomic mass is 10.0. The first-order valence-electron chi connectivity index (χ1n) is 33.4. The van der Waals surface area contributed by atoms with E-state index in [1.807, 2.05) is 0 Å². The Kier molecular flexibility index (Phi) is 62.7. The van der Waals surface area contributed by atoms with Crippen molar-refractivity contribution in [2.24, 2.45) is 0 Å². The monoisotopic (exact) mass is 1070 g/mol. The van der Waals surface area contributed by atoms with Crippen LogP contribution in [-0.2, 0) is 28.6 Å². The van der Waals surface area contributed by atoms with Crippen LogP contribution in [0, 0.1) is 0 Å². The molecule has 0 saturated carbocycles. The van der Waals surface area contributed by atoms with E-state index >= 15 is 0 Å². The van der Waals surface area contributed by atoms with E-state index in [4.69, 9.17) is 14.2 Å². The average molecular weight is 1080 g/mol. The molecule has 0 radical (unpaired) electrons. The summed E-state index contributed by atoms with van der Waals surface area (Å²) >= 11 is 0. The van der Waals surface area contributed by atoms with Gasteiger partial charge in [-0.2, -0.15) is 0 Å². The lowest BCUT2D eigenvalue weighted by Crippen LogP contribution is -2.30. The number of hydrogen-bond acceptors (Lipinski definition) is 6. The number of rotatable bonds is 61. The minimum atomic E-state index is -0.768. The molecule has 1 unspecified atom stereocenters. The first-order valence-corrected chi connectivity index (χ1v) is 33.4. The van der Waals surface area contributed by atoms with Crippen LogP contribution in [0.15, 0.2) is 72.9 Å². The minimum absolute atomic E-state index is 0.0680. The molecule has 0 aromatic rings. The summed E-state index contributed by atoms with van der Waals surface area (Å²) < 4.78 is 16.9. The van der Waals surface area contributed by atoms with Crippen molar-refractivity contribution >= 4 is 17.9 Å². The maximum Gasteiger partial charge on any atom is 0.306 e. The lowest BCUT2D eigenvalue weighted by molar-refractivity contribution is -0.167. The SMILES string of the molecule is CC/C=C\C/C=C\C/C=C\C/C=C\C/C=C\C/C=C\CCCCCCCCCCCCCCCCCCC(=O)OCC(COC(=O)CCCCCCCCCCC)OC(=O)CCCCCCCCCCCCCCCCC. The van der Waals surface area contributed by atoms with Crippen molar-refractivity contribution in [3.63, 3.8) is 0 Å². The van der Waals surface area contributed by atoms with E-state index in [1.54, 1.807) is 0 Å². The second-order valence-corrected chi connectivity index (χ2v) is 22.4. The fourth-order valence-electron chi connectivity index (χ4n) is 9.74. The van der Waals surface area contributed by atoms with Crippen LogP contribution in [0.1, 0.15) is 342 Å². The Morgan fingerprint density at radius 1 is 0.273 bits per heavy atom. The first kappa shape index (κ1) is 73.8. The van der Waals surface area contributed by atoms with Crippen molar-refractivity contribution in [3.8, 4) is 0 Å². The van der Waals surface area contributed by atoms with Gasteiger partial charge in [-0.3, -0.25) is 14.4 Å². The molecule has 77 heavy (non-hydrogen) atoms. The summed E-state index contributed by atoms with van der Waals surface area (Å²) in [5.41, 5.74) is 0. The highest BCUT2D eigenvalue weighted by atomic mass is 16.6. The van der Waals surface area contributed by atoms with E-state index < -0.39 is 6.10 Å². The van der Waals surface area contributed by atoms with Gasteiger partial charge in [0.2, 0.25) is 0 Å². The zero-order valence-corrected chi connectivity index (χ0v) is 51.2. The average Bonchev–Trinajstić information content (AvgIpc) is 3.43. The van der Waals surface area contributed by atoms with Gasteiger partial charge in [-0.25, -0.2) is 0 Å². The summed E-state index contributed by atoms with van der Waals surface area (Å²) in [6.07, 6.45) is 85.1. The molecule has 0 aliphatic carbocycles. The number of hydrogen-bond donors (Lipinski definition) is 0. The number of carbonyl (C=O) groups excluding carboxylic acids is 3. The maximum atomic E-state index is 12.9. The van der Waals surface area contributed by atoms with Crippen LogP contribution < -0.4 is 0 Å². The van der Waals surface area contributed by atoms with Gasteiger partial charge in [0, 0.05) is 19.3 Å².